The highest BCUT2D eigenvalue weighted by Crippen LogP contribution is 2.23. The zero-order valence-electron chi connectivity index (χ0n) is 16.1. The predicted octanol–water partition coefficient (Wildman–Crippen LogP) is 3.21. The molecule has 0 amide bonds. The van der Waals surface area contributed by atoms with Crippen LogP contribution in [0.25, 0.3) is 0 Å². The van der Waals surface area contributed by atoms with E-state index in [1.165, 1.54) is 7.11 Å². The van der Waals surface area contributed by atoms with Crippen LogP contribution in [0.1, 0.15) is 26.3 Å². The highest BCUT2D eigenvalue weighted by atomic mass is 19.1. The number of carbonyl (C=O) groups excluding carboxylic acids is 3. The maximum atomic E-state index is 13.7. The van der Waals surface area contributed by atoms with Gasteiger partial charge < -0.3 is 18.9 Å². The van der Waals surface area contributed by atoms with Gasteiger partial charge in [-0.15, -0.1) is 0 Å². The molecule has 2 aromatic carbocycles. The van der Waals surface area contributed by atoms with E-state index in [-0.39, 0.29) is 17.1 Å². The Hall–Kier alpha value is -3.68. The molecule has 29 heavy (non-hydrogen) atoms. The van der Waals surface area contributed by atoms with Gasteiger partial charge in [-0.2, -0.15) is 0 Å². The van der Waals surface area contributed by atoms with Crippen LogP contribution >= 0.6 is 0 Å². The van der Waals surface area contributed by atoms with Crippen molar-refractivity contribution < 1.29 is 37.7 Å². The van der Waals surface area contributed by atoms with Gasteiger partial charge in [0.05, 0.1) is 14.2 Å². The fraction of sp³-hybridized carbons (Fsp3) is 0.190. The topological polar surface area (TPSA) is 88.1 Å². The molecule has 0 saturated carbocycles. The minimum Gasteiger partial charge on any atom is -0.500 e. The number of hydrogen-bond donors (Lipinski definition) is 0. The van der Waals surface area contributed by atoms with Crippen LogP contribution in [0.2, 0.25) is 0 Å². The molecule has 0 aliphatic heterocycles. The Bertz CT molecular complexity index is 933. The zero-order valence-corrected chi connectivity index (χ0v) is 16.1. The van der Waals surface area contributed by atoms with Crippen LogP contribution in [0.15, 0.2) is 54.5 Å². The standard InChI is InChI=1S/C21H19FO7/c1-13-4-6-14(7-5-13)17(23)11-28-20(24)16-10-15(22)8-9-18(16)29-19(12-26-2)21(25)27-3/h4-10,12H,11H2,1-3H3. The predicted molar refractivity (Wildman–Crippen MR) is 99.9 cm³/mol. The lowest BCUT2D eigenvalue weighted by Crippen LogP contribution is -2.17. The van der Waals surface area contributed by atoms with Crippen molar-refractivity contribution in [2.24, 2.45) is 0 Å². The number of methoxy groups -OCH3 is 2. The van der Waals surface area contributed by atoms with Gasteiger partial charge in [0.2, 0.25) is 5.76 Å². The number of carbonyl (C=O) groups is 3. The Kier molecular flexibility index (Phi) is 7.47. The summed E-state index contributed by atoms with van der Waals surface area (Å²) in [5.41, 5.74) is 1.04. The van der Waals surface area contributed by atoms with Crippen LogP contribution in [0, 0.1) is 12.7 Å². The first kappa shape index (κ1) is 21.6. The number of ketones is 1. The lowest BCUT2D eigenvalue weighted by Gasteiger charge is -2.12. The molecule has 0 N–H and O–H groups in total. The normalized spacial score (nSPS) is 10.8. The number of aryl methyl sites for hydroxylation is 1. The molecule has 0 unspecified atom stereocenters. The van der Waals surface area contributed by atoms with Gasteiger partial charge in [0.1, 0.15) is 23.4 Å². The summed E-state index contributed by atoms with van der Waals surface area (Å²) < 4.78 is 33.3. The average Bonchev–Trinajstić information content (AvgIpc) is 2.72. The molecule has 0 heterocycles. The van der Waals surface area contributed by atoms with E-state index in [1.807, 2.05) is 6.92 Å². The molecular weight excluding hydrogens is 383 g/mol. The number of halogens is 1. The fourth-order valence-corrected chi connectivity index (χ4v) is 2.22. The van der Waals surface area contributed by atoms with Crippen LogP contribution in [-0.4, -0.2) is 38.5 Å². The maximum absolute atomic E-state index is 13.7. The maximum Gasteiger partial charge on any atom is 0.377 e. The Labute approximate surface area is 166 Å². The highest BCUT2D eigenvalue weighted by Gasteiger charge is 2.21. The second-order valence-electron chi connectivity index (χ2n) is 5.82. The summed E-state index contributed by atoms with van der Waals surface area (Å²) in [5, 5.41) is 0. The Balaban J connectivity index is 2.18. The number of ether oxygens (including phenoxy) is 4. The third kappa shape index (κ3) is 5.90. The van der Waals surface area contributed by atoms with Crippen LogP contribution < -0.4 is 4.74 Å². The number of benzene rings is 2. The van der Waals surface area contributed by atoms with Gasteiger partial charge in [-0.1, -0.05) is 29.8 Å². The van der Waals surface area contributed by atoms with E-state index < -0.39 is 30.1 Å². The van der Waals surface area contributed by atoms with E-state index in [0.29, 0.717) is 5.56 Å². The molecule has 2 aromatic rings. The SMILES string of the molecule is COC=C(Oc1ccc(F)cc1C(=O)OCC(=O)c1ccc(C)cc1)C(=O)OC. The summed E-state index contributed by atoms with van der Waals surface area (Å²) in [6.07, 6.45) is 0.964. The molecule has 0 aromatic heterocycles. The van der Waals surface area contributed by atoms with Crippen molar-refractivity contribution in [3.63, 3.8) is 0 Å². The van der Waals surface area contributed by atoms with Crippen LogP contribution in [0.3, 0.4) is 0 Å². The van der Waals surface area contributed by atoms with Gasteiger partial charge in [0.25, 0.3) is 0 Å². The summed E-state index contributed by atoms with van der Waals surface area (Å²) in [6.45, 7) is 1.33. The van der Waals surface area contributed by atoms with Crippen LogP contribution in [0.5, 0.6) is 5.75 Å². The molecule has 0 spiro atoms. The first-order valence-corrected chi connectivity index (χ1v) is 8.41. The number of rotatable bonds is 8. The molecule has 0 radical (unpaired) electrons. The van der Waals surface area contributed by atoms with E-state index in [4.69, 9.17) is 14.2 Å². The second-order valence-corrected chi connectivity index (χ2v) is 5.82. The first-order chi connectivity index (χ1) is 13.8. The molecule has 0 fully saturated rings. The van der Waals surface area contributed by atoms with Gasteiger partial charge in [0.15, 0.2) is 12.4 Å². The monoisotopic (exact) mass is 402 g/mol. The molecule has 2 rings (SSSR count). The van der Waals surface area contributed by atoms with Crippen molar-refractivity contribution in [1.82, 2.24) is 0 Å². The third-order valence-electron chi connectivity index (χ3n) is 3.70. The number of Topliss-reactive ketones (excluding diaryl/α,β-unsaturated/α-hetero) is 1. The summed E-state index contributed by atoms with van der Waals surface area (Å²) in [4.78, 5) is 36.3. The van der Waals surface area contributed by atoms with Crippen molar-refractivity contribution in [3.05, 3.63) is 77.0 Å². The molecular formula is C21H19FO7. The molecule has 7 nitrogen and oxygen atoms in total. The van der Waals surface area contributed by atoms with E-state index in [9.17, 15) is 18.8 Å². The molecule has 0 saturated heterocycles. The van der Waals surface area contributed by atoms with Gasteiger partial charge in [-0.05, 0) is 25.1 Å². The first-order valence-electron chi connectivity index (χ1n) is 8.41. The number of hydrogen-bond acceptors (Lipinski definition) is 7. The molecule has 8 heteroatoms. The minimum atomic E-state index is -0.999. The summed E-state index contributed by atoms with van der Waals surface area (Å²) >= 11 is 0. The van der Waals surface area contributed by atoms with Gasteiger partial charge in [0, 0.05) is 5.56 Å². The van der Waals surface area contributed by atoms with Crippen molar-refractivity contribution in [2.75, 3.05) is 20.8 Å². The molecule has 152 valence electrons. The van der Waals surface area contributed by atoms with Crippen molar-refractivity contribution in [1.29, 1.82) is 0 Å². The smallest absolute Gasteiger partial charge is 0.377 e. The third-order valence-corrected chi connectivity index (χ3v) is 3.70. The van der Waals surface area contributed by atoms with E-state index in [2.05, 4.69) is 4.74 Å². The van der Waals surface area contributed by atoms with Gasteiger partial charge in [-0.25, -0.2) is 14.0 Å². The quantitative estimate of drug-likeness (QED) is 0.290. The lowest BCUT2D eigenvalue weighted by molar-refractivity contribution is -0.138. The van der Waals surface area contributed by atoms with Crippen molar-refractivity contribution in [3.8, 4) is 5.75 Å². The van der Waals surface area contributed by atoms with Gasteiger partial charge in [-0.3, -0.25) is 4.79 Å². The Morgan fingerprint density at radius 1 is 1.03 bits per heavy atom. The van der Waals surface area contributed by atoms with E-state index >= 15 is 0 Å². The van der Waals surface area contributed by atoms with Crippen LogP contribution in [-0.2, 0) is 19.0 Å². The lowest BCUT2D eigenvalue weighted by atomic mass is 10.1. The second kappa shape index (κ2) is 10.0. The van der Waals surface area contributed by atoms with E-state index in [0.717, 1.165) is 37.1 Å². The average molecular weight is 402 g/mol. The van der Waals surface area contributed by atoms with Gasteiger partial charge >= 0.3 is 11.9 Å². The molecule has 0 aliphatic carbocycles. The van der Waals surface area contributed by atoms with E-state index in [1.54, 1.807) is 24.3 Å². The summed E-state index contributed by atoms with van der Waals surface area (Å²) in [7, 11) is 2.41. The summed E-state index contributed by atoms with van der Waals surface area (Å²) in [5.74, 6) is -3.57. The zero-order chi connectivity index (χ0) is 21.4. The fourth-order valence-electron chi connectivity index (χ4n) is 2.22. The largest absolute Gasteiger partial charge is 0.500 e. The summed E-state index contributed by atoms with van der Waals surface area (Å²) in [6, 6.07) is 9.77. The Morgan fingerprint density at radius 2 is 1.72 bits per heavy atom. The highest BCUT2D eigenvalue weighted by molar-refractivity contribution is 6.00. The number of esters is 2. The van der Waals surface area contributed by atoms with Crippen LogP contribution in [0.4, 0.5) is 4.39 Å². The molecule has 0 atom stereocenters. The Morgan fingerprint density at radius 3 is 2.34 bits per heavy atom. The molecule has 0 bridgehead atoms. The minimum absolute atomic E-state index is 0.173. The van der Waals surface area contributed by atoms with Crippen molar-refractivity contribution in [2.45, 2.75) is 6.92 Å². The van der Waals surface area contributed by atoms with Crippen molar-refractivity contribution >= 4 is 17.7 Å². The molecule has 0 aliphatic rings.